The SMILES string of the molecule is CC(C)c1cnnn1CC1CCC1(C)F. The highest BCUT2D eigenvalue weighted by Gasteiger charge is 2.43. The van der Waals surface area contributed by atoms with E-state index in [2.05, 4.69) is 24.2 Å². The number of alkyl halides is 1. The van der Waals surface area contributed by atoms with Crippen LogP contribution in [0.15, 0.2) is 6.20 Å². The predicted octanol–water partition coefficient (Wildman–Crippen LogP) is 2.54. The van der Waals surface area contributed by atoms with Crippen LogP contribution in [0.2, 0.25) is 0 Å². The van der Waals surface area contributed by atoms with E-state index in [1.165, 1.54) is 0 Å². The molecule has 0 amide bonds. The van der Waals surface area contributed by atoms with Crippen LogP contribution in [0, 0.1) is 5.92 Å². The lowest BCUT2D eigenvalue weighted by molar-refractivity contribution is -0.00977. The van der Waals surface area contributed by atoms with Crippen molar-refractivity contribution in [3.05, 3.63) is 11.9 Å². The summed E-state index contributed by atoms with van der Waals surface area (Å²) in [6, 6.07) is 0. The maximum Gasteiger partial charge on any atom is 0.112 e. The zero-order valence-corrected chi connectivity index (χ0v) is 9.57. The van der Waals surface area contributed by atoms with Crippen molar-refractivity contribution in [2.45, 2.75) is 51.7 Å². The van der Waals surface area contributed by atoms with E-state index < -0.39 is 5.67 Å². The number of hydrogen-bond acceptors (Lipinski definition) is 2. The Morgan fingerprint density at radius 3 is 2.87 bits per heavy atom. The molecule has 0 aliphatic heterocycles. The third kappa shape index (κ3) is 1.90. The molecule has 1 heterocycles. The molecule has 1 aliphatic carbocycles. The summed E-state index contributed by atoms with van der Waals surface area (Å²) in [6.45, 7) is 6.56. The molecule has 2 unspecified atom stereocenters. The third-order valence-corrected chi connectivity index (χ3v) is 3.47. The second-order valence-corrected chi connectivity index (χ2v) is 5.01. The molecule has 1 aromatic rings. The van der Waals surface area contributed by atoms with Crippen LogP contribution in [0.5, 0.6) is 0 Å². The highest BCUT2D eigenvalue weighted by atomic mass is 19.1. The molecule has 0 saturated heterocycles. The fourth-order valence-corrected chi connectivity index (χ4v) is 2.09. The van der Waals surface area contributed by atoms with Gasteiger partial charge in [-0.3, -0.25) is 0 Å². The molecule has 1 aromatic heterocycles. The van der Waals surface area contributed by atoms with Crippen molar-refractivity contribution in [2.24, 2.45) is 5.92 Å². The summed E-state index contributed by atoms with van der Waals surface area (Å²) in [5.41, 5.74) is 0.0953. The molecule has 1 aliphatic rings. The van der Waals surface area contributed by atoms with Gasteiger partial charge in [-0.15, -0.1) is 5.10 Å². The van der Waals surface area contributed by atoms with Crippen LogP contribution in [0.25, 0.3) is 0 Å². The van der Waals surface area contributed by atoms with Gasteiger partial charge in [0.1, 0.15) is 5.67 Å². The number of nitrogens with zero attached hydrogens (tertiary/aromatic N) is 3. The third-order valence-electron chi connectivity index (χ3n) is 3.47. The molecular formula is C11H18FN3. The first kappa shape index (κ1) is 10.6. The monoisotopic (exact) mass is 211 g/mol. The van der Waals surface area contributed by atoms with Crippen LogP contribution >= 0.6 is 0 Å². The van der Waals surface area contributed by atoms with Gasteiger partial charge in [0.05, 0.1) is 11.9 Å². The summed E-state index contributed by atoms with van der Waals surface area (Å²) in [4.78, 5) is 0. The van der Waals surface area contributed by atoms with Gasteiger partial charge < -0.3 is 0 Å². The van der Waals surface area contributed by atoms with E-state index in [1.54, 1.807) is 13.1 Å². The average Bonchev–Trinajstić information content (AvgIpc) is 2.60. The van der Waals surface area contributed by atoms with Crippen LogP contribution in [0.4, 0.5) is 4.39 Å². The molecule has 0 radical (unpaired) electrons. The summed E-state index contributed by atoms with van der Waals surface area (Å²) in [7, 11) is 0. The first-order valence-electron chi connectivity index (χ1n) is 5.58. The Bertz CT molecular complexity index is 343. The van der Waals surface area contributed by atoms with Crippen molar-refractivity contribution in [1.29, 1.82) is 0 Å². The maximum absolute atomic E-state index is 13.7. The molecule has 0 spiro atoms. The zero-order valence-electron chi connectivity index (χ0n) is 9.57. The minimum Gasteiger partial charge on any atom is -0.249 e. The highest BCUT2D eigenvalue weighted by molar-refractivity contribution is 5.02. The number of halogens is 1. The van der Waals surface area contributed by atoms with Crippen molar-refractivity contribution < 1.29 is 4.39 Å². The van der Waals surface area contributed by atoms with Crippen LogP contribution in [-0.2, 0) is 6.54 Å². The standard InChI is InChI=1S/C11H18FN3/c1-8(2)10-6-13-14-15(10)7-9-4-5-11(9,3)12/h6,8-9H,4-5,7H2,1-3H3. The lowest BCUT2D eigenvalue weighted by atomic mass is 9.72. The Morgan fingerprint density at radius 2 is 2.40 bits per heavy atom. The summed E-state index contributed by atoms with van der Waals surface area (Å²) >= 11 is 0. The second kappa shape index (κ2) is 3.58. The van der Waals surface area contributed by atoms with Crippen LogP contribution in [-0.4, -0.2) is 20.7 Å². The fourth-order valence-electron chi connectivity index (χ4n) is 2.09. The van der Waals surface area contributed by atoms with Crippen molar-refractivity contribution >= 4 is 0 Å². The first-order valence-corrected chi connectivity index (χ1v) is 5.58. The van der Waals surface area contributed by atoms with Gasteiger partial charge in [-0.25, -0.2) is 9.07 Å². The lowest BCUT2D eigenvalue weighted by Gasteiger charge is -2.40. The number of aromatic nitrogens is 3. The molecule has 4 heteroatoms. The van der Waals surface area contributed by atoms with Crippen molar-refractivity contribution in [1.82, 2.24) is 15.0 Å². The van der Waals surface area contributed by atoms with Gasteiger partial charge in [-0.1, -0.05) is 19.1 Å². The number of hydrogen-bond donors (Lipinski definition) is 0. The quantitative estimate of drug-likeness (QED) is 0.769. The second-order valence-electron chi connectivity index (χ2n) is 5.01. The molecule has 0 aromatic carbocycles. The summed E-state index contributed by atoms with van der Waals surface area (Å²) < 4.78 is 15.6. The van der Waals surface area contributed by atoms with Crippen LogP contribution in [0.3, 0.4) is 0 Å². The Labute approximate surface area is 89.7 Å². The molecule has 3 nitrogen and oxygen atoms in total. The van der Waals surface area contributed by atoms with Gasteiger partial charge >= 0.3 is 0 Å². The Balaban J connectivity index is 2.08. The molecule has 15 heavy (non-hydrogen) atoms. The van der Waals surface area contributed by atoms with E-state index in [0.717, 1.165) is 12.1 Å². The van der Waals surface area contributed by atoms with E-state index in [1.807, 2.05) is 4.68 Å². The Hall–Kier alpha value is -0.930. The van der Waals surface area contributed by atoms with E-state index >= 15 is 0 Å². The van der Waals surface area contributed by atoms with Gasteiger partial charge in [0.2, 0.25) is 0 Å². The molecule has 2 rings (SSSR count). The van der Waals surface area contributed by atoms with Gasteiger partial charge in [0.25, 0.3) is 0 Å². The molecule has 2 atom stereocenters. The van der Waals surface area contributed by atoms with E-state index in [0.29, 0.717) is 18.9 Å². The number of rotatable bonds is 3. The molecule has 1 saturated carbocycles. The van der Waals surface area contributed by atoms with Gasteiger partial charge in [0, 0.05) is 12.5 Å². The van der Waals surface area contributed by atoms with Gasteiger partial charge in [-0.2, -0.15) is 0 Å². The fraction of sp³-hybridized carbons (Fsp3) is 0.818. The summed E-state index contributed by atoms with van der Waals surface area (Å²) in [6.07, 6.45) is 3.42. The van der Waals surface area contributed by atoms with Crippen molar-refractivity contribution in [2.75, 3.05) is 0 Å². The molecule has 84 valence electrons. The molecule has 0 N–H and O–H groups in total. The van der Waals surface area contributed by atoms with E-state index in [9.17, 15) is 4.39 Å². The van der Waals surface area contributed by atoms with E-state index in [4.69, 9.17) is 0 Å². The van der Waals surface area contributed by atoms with Crippen LogP contribution < -0.4 is 0 Å². The molecular weight excluding hydrogens is 193 g/mol. The van der Waals surface area contributed by atoms with E-state index in [-0.39, 0.29) is 5.92 Å². The highest BCUT2D eigenvalue weighted by Crippen LogP contribution is 2.42. The smallest absolute Gasteiger partial charge is 0.112 e. The van der Waals surface area contributed by atoms with Crippen molar-refractivity contribution in [3.63, 3.8) is 0 Å². The minimum absolute atomic E-state index is 0.108. The van der Waals surface area contributed by atoms with Crippen LogP contribution in [0.1, 0.15) is 45.2 Å². The van der Waals surface area contributed by atoms with Crippen molar-refractivity contribution in [3.8, 4) is 0 Å². The minimum atomic E-state index is -1.000. The van der Waals surface area contributed by atoms with Gasteiger partial charge in [-0.05, 0) is 25.7 Å². The normalized spacial score (nSPS) is 30.6. The Kier molecular flexibility index (Phi) is 2.52. The summed E-state index contributed by atoms with van der Waals surface area (Å²) in [5, 5.41) is 7.92. The summed E-state index contributed by atoms with van der Waals surface area (Å²) in [5.74, 6) is 0.502. The molecule has 1 fully saturated rings. The topological polar surface area (TPSA) is 30.7 Å². The predicted molar refractivity (Wildman–Crippen MR) is 56.3 cm³/mol. The molecule has 0 bridgehead atoms. The zero-order chi connectivity index (χ0) is 11.1. The largest absolute Gasteiger partial charge is 0.249 e. The maximum atomic E-state index is 13.7. The Morgan fingerprint density at radius 1 is 1.67 bits per heavy atom. The first-order chi connectivity index (χ1) is 7.00. The van der Waals surface area contributed by atoms with Gasteiger partial charge in [0.15, 0.2) is 0 Å². The average molecular weight is 211 g/mol. The lowest BCUT2D eigenvalue weighted by Crippen LogP contribution is -2.42.